The van der Waals surface area contributed by atoms with Crippen molar-refractivity contribution >= 4 is 17.5 Å². The molecule has 0 fully saturated rings. The van der Waals surface area contributed by atoms with Gasteiger partial charge >= 0.3 is 0 Å². The van der Waals surface area contributed by atoms with E-state index in [0.29, 0.717) is 18.0 Å². The fourth-order valence-electron chi connectivity index (χ4n) is 1.52. The molecule has 2 nitrogen and oxygen atoms in total. The van der Waals surface area contributed by atoms with Gasteiger partial charge in [0, 0.05) is 12.4 Å². The molecular formula is C13H16ClF2NO. The number of amides is 1. The van der Waals surface area contributed by atoms with Gasteiger partial charge in [-0.25, -0.2) is 8.78 Å². The first-order valence-corrected chi connectivity index (χ1v) is 6.43. The molecule has 0 spiro atoms. The predicted octanol–water partition coefficient (Wildman–Crippen LogP) is 3.03. The molecule has 0 aliphatic heterocycles. The Hall–Kier alpha value is -1.16. The Morgan fingerprint density at radius 3 is 2.61 bits per heavy atom. The van der Waals surface area contributed by atoms with Crippen LogP contribution in [0.1, 0.15) is 24.8 Å². The minimum absolute atomic E-state index is 0.0622. The van der Waals surface area contributed by atoms with E-state index in [2.05, 4.69) is 5.32 Å². The summed E-state index contributed by atoms with van der Waals surface area (Å²) < 4.78 is 25.6. The summed E-state index contributed by atoms with van der Waals surface area (Å²) in [6.07, 6.45) is 2.83. The highest BCUT2D eigenvalue weighted by Crippen LogP contribution is 2.09. The quantitative estimate of drug-likeness (QED) is 0.601. The van der Waals surface area contributed by atoms with Crippen LogP contribution in [0, 0.1) is 11.6 Å². The normalized spacial score (nSPS) is 10.4. The van der Waals surface area contributed by atoms with Crippen LogP contribution >= 0.6 is 11.6 Å². The Balaban J connectivity index is 2.29. The van der Waals surface area contributed by atoms with Crippen LogP contribution in [0.15, 0.2) is 18.2 Å². The van der Waals surface area contributed by atoms with Gasteiger partial charge < -0.3 is 5.32 Å². The second-order valence-electron chi connectivity index (χ2n) is 4.02. The molecule has 5 heteroatoms. The summed E-state index contributed by atoms with van der Waals surface area (Å²) in [6.45, 7) is 0.583. The lowest BCUT2D eigenvalue weighted by Crippen LogP contribution is -2.26. The van der Waals surface area contributed by atoms with Gasteiger partial charge in [0.25, 0.3) is 0 Å². The summed E-state index contributed by atoms with van der Waals surface area (Å²) in [4.78, 5) is 11.5. The van der Waals surface area contributed by atoms with Crippen molar-refractivity contribution in [3.8, 4) is 0 Å². The van der Waals surface area contributed by atoms with Crippen molar-refractivity contribution in [1.82, 2.24) is 5.32 Å². The summed E-state index contributed by atoms with van der Waals surface area (Å²) in [7, 11) is 0. The third-order valence-corrected chi connectivity index (χ3v) is 2.75. The van der Waals surface area contributed by atoms with Gasteiger partial charge in [-0.15, -0.1) is 11.6 Å². The Morgan fingerprint density at radius 1 is 1.17 bits per heavy atom. The smallest absolute Gasteiger partial charge is 0.224 e. The maximum absolute atomic E-state index is 12.9. The van der Waals surface area contributed by atoms with Crippen LogP contribution in [0.5, 0.6) is 0 Å². The minimum atomic E-state index is -0.928. The number of carbonyl (C=O) groups excluding carboxylic acids is 1. The Bertz CT molecular complexity index is 399. The monoisotopic (exact) mass is 275 g/mol. The van der Waals surface area contributed by atoms with Gasteiger partial charge in [-0.1, -0.05) is 12.5 Å². The first-order chi connectivity index (χ1) is 8.63. The van der Waals surface area contributed by atoms with Crippen LogP contribution in [-0.4, -0.2) is 18.3 Å². The van der Waals surface area contributed by atoms with Gasteiger partial charge in [0.2, 0.25) is 5.91 Å². The highest BCUT2D eigenvalue weighted by Gasteiger charge is 2.06. The van der Waals surface area contributed by atoms with E-state index in [1.807, 2.05) is 0 Å². The van der Waals surface area contributed by atoms with Gasteiger partial charge in [-0.2, -0.15) is 0 Å². The summed E-state index contributed by atoms with van der Waals surface area (Å²) in [5, 5.41) is 2.73. The number of carbonyl (C=O) groups is 1. The standard InChI is InChI=1S/C13H16ClF2NO/c14-6-2-1-3-7-17-13(18)9-10-4-5-11(15)12(16)8-10/h4-5,8H,1-3,6-7,9H2,(H,17,18). The molecule has 1 rings (SSSR count). The Kier molecular flexibility index (Phi) is 6.65. The van der Waals surface area contributed by atoms with E-state index in [9.17, 15) is 13.6 Å². The average Bonchev–Trinajstić information content (AvgIpc) is 2.34. The lowest BCUT2D eigenvalue weighted by atomic mass is 10.1. The van der Waals surface area contributed by atoms with Crippen LogP contribution in [-0.2, 0) is 11.2 Å². The lowest BCUT2D eigenvalue weighted by Gasteiger charge is -2.05. The SMILES string of the molecule is O=C(Cc1ccc(F)c(F)c1)NCCCCCCl. The Morgan fingerprint density at radius 2 is 1.94 bits per heavy atom. The molecule has 0 atom stereocenters. The van der Waals surface area contributed by atoms with Gasteiger partial charge in [-0.3, -0.25) is 4.79 Å². The third-order valence-electron chi connectivity index (χ3n) is 2.48. The van der Waals surface area contributed by atoms with Crippen LogP contribution in [0.4, 0.5) is 8.78 Å². The number of hydrogen-bond donors (Lipinski definition) is 1. The largest absolute Gasteiger partial charge is 0.356 e. The predicted molar refractivity (Wildman–Crippen MR) is 67.6 cm³/mol. The van der Waals surface area contributed by atoms with Gasteiger partial charge in [-0.05, 0) is 30.5 Å². The highest BCUT2D eigenvalue weighted by atomic mass is 35.5. The van der Waals surface area contributed by atoms with Crippen molar-refractivity contribution in [3.63, 3.8) is 0 Å². The molecule has 0 aliphatic carbocycles. The van der Waals surface area contributed by atoms with Crippen LogP contribution in [0.25, 0.3) is 0 Å². The van der Waals surface area contributed by atoms with Crippen molar-refractivity contribution in [2.24, 2.45) is 0 Å². The molecule has 0 unspecified atom stereocenters. The van der Waals surface area contributed by atoms with Gasteiger partial charge in [0.05, 0.1) is 6.42 Å². The molecule has 1 aromatic rings. The zero-order valence-electron chi connectivity index (χ0n) is 10.0. The molecular weight excluding hydrogens is 260 g/mol. The Labute approximate surface area is 110 Å². The lowest BCUT2D eigenvalue weighted by molar-refractivity contribution is -0.120. The van der Waals surface area contributed by atoms with E-state index >= 15 is 0 Å². The molecule has 0 aliphatic rings. The van der Waals surface area contributed by atoms with E-state index in [1.165, 1.54) is 6.07 Å². The highest BCUT2D eigenvalue weighted by molar-refractivity contribution is 6.17. The molecule has 0 radical (unpaired) electrons. The molecule has 1 amide bonds. The summed E-state index contributed by atoms with van der Waals surface area (Å²) in [5.41, 5.74) is 0.465. The van der Waals surface area contributed by atoms with E-state index in [-0.39, 0.29) is 12.3 Å². The number of rotatable bonds is 7. The molecule has 0 saturated heterocycles. The number of halogens is 3. The zero-order chi connectivity index (χ0) is 13.4. The second kappa shape index (κ2) is 8.03. The van der Waals surface area contributed by atoms with Crippen molar-refractivity contribution in [2.75, 3.05) is 12.4 Å². The van der Waals surface area contributed by atoms with E-state index in [0.717, 1.165) is 31.4 Å². The molecule has 100 valence electrons. The number of hydrogen-bond acceptors (Lipinski definition) is 1. The number of nitrogens with one attached hydrogen (secondary N) is 1. The first kappa shape index (κ1) is 14.9. The third kappa shape index (κ3) is 5.45. The van der Waals surface area contributed by atoms with E-state index in [4.69, 9.17) is 11.6 Å². The molecule has 0 saturated carbocycles. The number of alkyl halides is 1. The van der Waals surface area contributed by atoms with Crippen molar-refractivity contribution in [3.05, 3.63) is 35.4 Å². The van der Waals surface area contributed by atoms with Gasteiger partial charge in [0.1, 0.15) is 0 Å². The van der Waals surface area contributed by atoms with E-state index < -0.39 is 11.6 Å². The number of unbranched alkanes of at least 4 members (excludes halogenated alkanes) is 2. The summed E-state index contributed by atoms with van der Waals surface area (Å²) in [6, 6.07) is 3.48. The van der Waals surface area contributed by atoms with Crippen molar-refractivity contribution in [2.45, 2.75) is 25.7 Å². The summed E-state index contributed by atoms with van der Waals surface area (Å²) >= 11 is 5.52. The maximum Gasteiger partial charge on any atom is 0.224 e. The first-order valence-electron chi connectivity index (χ1n) is 5.90. The minimum Gasteiger partial charge on any atom is -0.356 e. The molecule has 0 aromatic heterocycles. The molecule has 0 heterocycles. The van der Waals surface area contributed by atoms with Crippen LogP contribution in [0.2, 0.25) is 0 Å². The van der Waals surface area contributed by atoms with Gasteiger partial charge in [0.15, 0.2) is 11.6 Å². The van der Waals surface area contributed by atoms with Crippen molar-refractivity contribution < 1.29 is 13.6 Å². The van der Waals surface area contributed by atoms with E-state index in [1.54, 1.807) is 0 Å². The molecule has 1 aromatic carbocycles. The molecule has 1 N–H and O–H groups in total. The fraction of sp³-hybridized carbons (Fsp3) is 0.462. The maximum atomic E-state index is 12.9. The molecule has 0 bridgehead atoms. The summed E-state index contributed by atoms with van der Waals surface area (Å²) in [5.74, 6) is -1.39. The zero-order valence-corrected chi connectivity index (χ0v) is 10.8. The number of benzene rings is 1. The average molecular weight is 276 g/mol. The molecule has 18 heavy (non-hydrogen) atoms. The van der Waals surface area contributed by atoms with Crippen LogP contribution < -0.4 is 5.32 Å². The topological polar surface area (TPSA) is 29.1 Å². The van der Waals surface area contributed by atoms with Crippen LogP contribution in [0.3, 0.4) is 0 Å². The van der Waals surface area contributed by atoms with Crippen molar-refractivity contribution in [1.29, 1.82) is 0 Å². The fourth-order valence-corrected chi connectivity index (χ4v) is 1.71. The second-order valence-corrected chi connectivity index (χ2v) is 4.40.